The zero-order valence-electron chi connectivity index (χ0n) is 14.6. The van der Waals surface area contributed by atoms with Gasteiger partial charge in [0.15, 0.2) is 5.17 Å². The van der Waals surface area contributed by atoms with Crippen LogP contribution >= 0.6 is 11.8 Å². The monoisotopic (exact) mass is 354 g/mol. The maximum Gasteiger partial charge on any atom is 0.232 e. The molecular formula is C20H22N2O2S. The predicted octanol–water partition coefficient (Wildman–Crippen LogP) is 4.20. The number of ether oxygens (including phenoxy) is 1. The van der Waals surface area contributed by atoms with E-state index in [1.54, 1.807) is 18.9 Å². The highest BCUT2D eigenvalue weighted by Gasteiger charge is 2.24. The Bertz CT molecular complexity index is 775. The number of rotatable bonds is 4. The van der Waals surface area contributed by atoms with Gasteiger partial charge in [-0.05, 0) is 36.6 Å². The summed E-state index contributed by atoms with van der Waals surface area (Å²) in [6.45, 7) is 2.74. The summed E-state index contributed by atoms with van der Waals surface area (Å²) in [5, 5.41) is 0.760. The largest absolute Gasteiger partial charge is 0.494 e. The molecule has 1 saturated heterocycles. The molecule has 25 heavy (non-hydrogen) atoms. The molecule has 4 nitrogen and oxygen atoms in total. The molecule has 130 valence electrons. The number of hydrogen-bond acceptors (Lipinski definition) is 4. The Morgan fingerprint density at radius 2 is 2.04 bits per heavy atom. The van der Waals surface area contributed by atoms with Crippen LogP contribution < -0.4 is 4.74 Å². The number of hydrogen-bond donors (Lipinski definition) is 0. The number of carbonyl (C=O) groups is 1. The zero-order valence-corrected chi connectivity index (χ0v) is 15.4. The number of nitrogens with zero attached hydrogens (tertiary/aromatic N) is 2. The van der Waals surface area contributed by atoms with Crippen molar-refractivity contribution in [3.63, 3.8) is 0 Å². The van der Waals surface area contributed by atoms with Crippen molar-refractivity contribution in [3.05, 3.63) is 59.7 Å². The van der Waals surface area contributed by atoms with Gasteiger partial charge in [0.05, 0.1) is 13.5 Å². The summed E-state index contributed by atoms with van der Waals surface area (Å²) in [5.74, 6) is 1.78. The van der Waals surface area contributed by atoms with E-state index < -0.39 is 0 Å². The SMILES string of the molecule is COc1ccc(C)cc1N=C1SCCCN1C(=O)Cc1ccccc1. The lowest BCUT2D eigenvalue weighted by Crippen LogP contribution is -2.40. The van der Waals surface area contributed by atoms with E-state index in [1.807, 2.05) is 60.4 Å². The average molecular weight is 354 g/mol. The summed E-state index contributed by atoms with van der Waals surface area (Å²) < 4.78 is 5.41. The van der Waals surface area contributed by atoms with E-state index in [0.29, 0.717) is 13.0 Å². The van der Waals surface area contributed by atoms with Crippen LogP contribution in [-0.4, -0.2) is 35.4 Å². The van der Waals surface area contributed by atoms with Gasteiger partial charge < -0.3 is 4.74 Å². The fourth-order valence-corrected chi connectivity index (χ4v) is 3.71. The van der Waals surface area contributed by atoms with E-state index in [-0.39, 0.29) is 5.91 Å². The summed E-state index contributed by atoms with van der Waals surface area (Å²) >= 11 is 1.63. The second kappa shape index (κ2) is 8.21. The van der Waals surface area contributed by atoms with Gasteiger partial charge in [0.1, 0.15) is 11.4 Å². The lowest BCUT2D eigenvalue weighted by atomic mass is 10.1. The fraction of sp³-hybridized carbons (Fsp3) is 0.300. The standard InChI is InChI=1S/C20H22N2O2S/c1-15-9-10-18(24-2)17(13-15)21-20-22(11-6-12-25-20)19(23)14-16-7-4-3-5-8-16/h3-5,7-10,13H,6,11-12,14H2,1-2H3. The minimum Gasteiger partial charge on any atom is -0.494 e. The summed E-state index contributed by atoms with van der Waals surface area (Å²) in [5.41, 5.74) is 2.91. The molecule has 0 unspecified atom stereocenters. The number of aliphatic imine (C=N–C) groups is 1. The molecule has 0 N–H and O–H groups in total. The van der Waals surface area contributed by atoms with Crippen LogP contribution in [0, 0.1) is 6.92 Å². The van der Waals surface area contributed by atoms with Crippen molar-refractivity contribution in [1.29, 1.82) is 0 Å². The third-order valence-corrected chi connectivity index (χ3v) is 5.10. The summed E-state index contributed by atoms with van der Waals surface area (Å²) in [7, 11) is 1.64. The number of carbonyl (C=O) groups excluding carboxylic acids is 1. The topological polar surface area (TPSA) is 41.9 Å². The van der Waals surface area contributed by atoms with Crippen molar-refractivity contribution >= 4 is 28.5 Å². The first kappa shape index (κ1) is 17.5. The second-order valence-corrected chi connectivity index (χ2v) is 7.04. The van der Waals surface area contributed by atoms with Gasteiger partial charge in [-0.25, -0.2) is 4.99 Å². The van der Waals surface area contributed by atoms with Gasteiger partial charge in [0.2, 0.25) is 5.91 Å². The second-order valence-electron chi connectivity index (χ2n) is 5.98. The van der Waals surface area contributed by atoms with Gasteiger partial charge in [-0.2, -0.15) is 0 Å². The molecule has 1 aliphatic heterocycles. The van der Waals surface area contributed by atoms with Gasteiger partial charge in [0.25, 0.3) is 0 Å². The lowest BCUT2D eigenvalue weighted by Gasteiger charge is -2.28. The molecule has 0 atom stereocenters. The van der Waals surface area contributed by atoms with Crippen molar-refractivity contribution in [1.82, 2.24) is 4.90 Å². The summed E-state index contributed by atoms with van der Waals surface area (Å²) in [6.07, 6.45) is 1.38. The van der Waals surface area contributed by atoms with Gasteiger partial charge in [-0.1, -0.05) is 48.2 Å². The Balaban J connectivity index is 1.86. The molecular weight excluding hydrogens is 332 g/mol. The Labute approximate surface area is 152 Å². The third-order valence-electron chi connectivity index (χ3n) is 4.04. The van der Waals surface area contributed by atoms with Crippen LogP contribution in [-0.2, 0) is 11.2 Å². The first-order chi connectivity index (χ1) is 12.2. The van der Waals surface area contributed by atoms with Crippen molar-refractivity contribution < 1.29 is 9.53 Å². The fourth-order valence-electron chi connectivity index (χ4n) is 2.74. The van der Waals surface area contributed by atoms with Gasteiger partial charge in [-0.3, -0.25) is 9.69 Å². The van der Waals surface area contributed by atoms with E-state index in [1.165, 1.54) is 0 Å². The van der Waals surface area contributed by atoms with Crippen molar-refractivity contribution in [3.8, 4) is 5.75 Å². The van der Waals surface area contributed by atoms with Gasteiger partial charge >= 0.3 is 0 Å². The van der Waals surface area contributed by atoms with Crippen molar-refractivity contribution in [2.75, 3.05) is 19.4 Å². The molecule has 1 amide bonds. The van der Waals surface area contributed by atoms with E-state index in [9.17, 15) is 4.79 Å². The highest BCUT2D eigenvalue weighted by molar-refractivity contribution is 8.13. The molecule has 0 aromatic heterocycles. The number of methoxy groups -OCH3 is 1. The smallest absolute Gasteiger partial charge is 0.232 e. The minimum atomic E-state index is 0.0868. The summed E-state index contributed by atoms with van der Waals surface area (Å²) in [6, 6.07) is 15.7. The van der Waals surface area contributed by atoms with Crippen LogP contribution in [0.25, 0.3) is 0 Å². The zero-order chi connectivity index (χ0) is 17.6. The molecule has 1 heterocycles. The number of amides is 1. The normalized spacial score (nSPS) is 16.1. The Morgan fingerprint density at radius 3 is 2.80 bits per heavy atom. The molecule has 0 spiro atoms. The lowest BCUT2D eigenvalue weighted by molar-refractivity contribution is -0.126. The molecule has 1 aliphatic rings. The molecule has 2 aromatic rings. The number of benzene rings is 2. The highest BCUT2D eigenvalue weighted by Crippen LogP contribution is 2.31. The minimum absolute atomic E-state index is 0.0868. The Kier molecular flexibility index (Phi) is 5.76. The van der Waals surface area contributed by atoms with Crippen LogP contribution in [0.1, 0.15) is 17.5 Å². The molecule has 5 heteroatoms. The number of aryl methyl sites for hydroxylation is 1. The third kappa shape index (κ3) is 4.42. The first-order valence-electron chi connectivity index (χ1n) is 8.38. The molecule has 0 saturated carbocycles. The van der Waals surface area contributed by atoms with Gasteiger partial charge in [0, 0.05) is 12.3 Å². The average Bonchev–Trinajstić information content (AvgIpc) is 2.63. The van der Waals surface area contributed by atoms with Crippen LogP contribution in [0.15, 0.2) is 53.5 Å². The molecule has 0 aliphatic carbocycles. The van der Waals surface area contributed by atoms with Crippen LogP contribution in [0.5, 0.6) is 5.75 Å². The van der Waals surface area contributed by atoms with Crippen molar-refractivity contribution in [2.45, 2.75) is 19.8 Å². The van der Waals surface area contributed by atoms with Crippen LogP contribution in [0.4, 0.5) is 5.69 Å². The maximum atomic E-state index is 12.8. The number of thioether (sulfide) groups is 1. The molecule has 1 fully saturated rings. The van der Waals surface area contributed by atoms with E-state index >= 15 is 0 Å². The summed E-state index contributed by atoms with van der Waals surface area (Å²) in [4.78, 5) is 19.4. The van der Waals surface area contributed by atoms with Gasteiger partial charge in [-0.15, -0.1) is 0 Å². The quantitative estimate of drug-likeness (QED) is 0.826. The van der Waals surface area contributed by atoms with Crippen molar-refractivity contribution in [2.24, 2.45) is 4.99 Å². The van der Waals surface area contributed by atoms with E-state index in [4.69, 9.17) is 9.73 Å². The molecule has 2 aromatic carbocycles. The van der Waals surface area contributed by atoms with Crippen LogP contribution in [0.2, 0.25) is 0 Å². The predicted molar refractivity (Wildman–Crippen MR) is 104 cm³/mol. The molecule has 0 radical (unpaired) electrons. The maximum absolute atomic E-state index is 12.8. The van der Waals surface area contributed by atoms with Crippen LogP contribution in [0.3, 0.4) is 0 Å². The Morgan fingerprint density at radius 1 is 1.24 bits per heavy atom. The first-order valence-corrected chi connectivity index (χ1v) is 9.36. The highest BCUT2D eigenvalue weighted by atomic mass is 32.2. The van der Waals surface area contributed by atoms with E-state index in [2.05, 4.69) is 0 Å². The number of amidine groups is 1. The molecule has 0 bridgehead atoms. The van der Waals surface area contributed by atoms with E-state index in [0.717, 1.165) is 39.9 Å². The molecule has 3 rings (SSSR count). The Hall–Kier alpha value is -2.27.